The number of nitrogens with one attached hydrogen (secondary N) is 1. The lowest BCUT2D eigenvalue weighted by Crippen LogP contribution is -2.11. The summed E-state index contributed by atoms with van der Waals surface area (Å²) in [6, 6.07) is 8.54. The van der Waals surface area contributed by atoms with E-state index < -0.39 is 48.9 Å². The molecule has 0 bridgehead atoms. The molecule has 136 valence electrons. The fourth-order valence-corrected chi connectivity index (χ4v) is 2.43. The number of nitro benzene ring substituents is 3. The van der Waals surface area contributed by atoms with Crippen molar-refractivity contribution in [3.05, 3.63) is 66.2 Å². The van der Waals surface area contributed by atoms with Gasteiger partial charge < -0.3 is 15.5 Å². The first-order chi connectivity index (χ1) is 12.3. The highest BCUT2D eigenvalue weighted by Gasteiger charge is 2.43. The largest absolute Gasteiger partial charge is 0.499 e. The normalized spacial score (nSPS) is 10.3. The first-order valence-corrected chi connectivity index (χ1v) is 7.08. The lowest BCUT2D eigenvalue weighted by molar-refractivity contribution is -0.426. The highest BCUT2D eigenvalue weighted by atomic mass is 16.6. The van der Waals surface area contributed by atoms with Crippen LogP contribution in [-0.2, 0) is 6.42 Å². The molecule has 0 fully saturated rings. The molecule has 12 heteroatoms. The highest BCUT2D eigenvalue weighted by molar-refractivity contribution is 5.78. The fourth-order valence-electron chi connectivity index (χ4n) is 2.43. The fraction of sp³-hybridized carbons (Fsp3) is 0.143. The Morgan fingerprint density at radius 3 is 1.81 bits per heavy atom. The average Bonchev–Trinajstić information content (AvgIpc) is 2.57. The third kappa shape index (κ3) is 3.43. The van der Waals surface area contributed by atoms with Crippen LogP contribution < -0.4 is 5.32 Å². The minimum Gasteiger partial charge on any atom is -0.499 e. The Morgan fingerprint density at radius 1 is 0.808 bits per heavy atom. The van der Waals surface area contributed by atoms with Gasteiger partial charge in [-0.25, -0.2) is 0 Å². The van der Waals surface area contributed by atoms with Gasteiger partial charge in [-0.2, -0.15) is 0 Å². The summed E-state index contributed by atoms with van der Waals surface area (Å²) >= 11 is 0. The van der Waals surface area contributed by atoms with Crippen molar-refractivity contribution in [2.45, 2.75) is 6.42 Å². The molecule has 0 saturated carbocycles. The molecule has 2 rings (SSSR count). The van der Waals surface area contributed by atoms with Crippen LogP contribution in [0, 0.1) is 30.3 Å². The maximum Gasteiger partial charge on any atom is 0.391 e. The second-order valence-corrected chi connectivity index (χ2v) is 5.04. The number of phenols is 2. The van der Waals surface area contributed by atoms with Crippen LogP contribution in [0.5, 0.6) is 11.5 Å². The zero-order chi connectivity index (χ0) is 19.4. The van der Waals surface area contributed by atoms with E-state index in [1.165, 1.54) is 0 Å². The number of para-hydroxylation sites is 1. The molecule has 12 nitrogen and oxygen atoms in total. The molecule has 2 aromatic carbocycles. The van der Waals surface area contributed by atoms with Crippen LogP contribution in [0.1, 0.15) is 5.56 Å². The van der Waals surface area contributed by atoms with Crippen LogP contribution in [-0.4, -0.2) is 31.5 Å². The summed E-state index contributed by atoms with van der Waals surface area (Å²) in [6.07, 6.45) is -0.379. The third-order valence-electron chi connectivity index (χ3n) is 3.49. The Morgan fingerprint density at radius 2 is 1.31 bits per heavy atom. The van der Waals surface area contributed by atoms with Crippen LogP contribution in [0.2, 0.25) is 0 Å². The van der Waals surface area contributed by atoms with Gasteiger partial charge in [0.1, 0.15) is 5.56 Å². The minimum absolute atomic E-state index is 0.0485. The van der Waals surface area contributed by atoms with Crippen molar-refractivity contribution in [1.29, 1.82) is 0 Å². The van der Waals surface area contributed by atoms with Gasteiger partial charge in [-0.1, -0.05) is 18.2 Å². The quantitative estimate of drug-likeness (QED) is 0.377. The summed E-state index contributed by atoms with van der Waals surface area (Å²) in [5.41, 5.74) is -3.81. The van der Waals surface area contributed by atoms with E-state index >= 15 is 0 Å². The van der Waals surface area contributed by atoms with Crippen molar-refractivity contribution < 1.29 is 25.0 Å². The van der Waals surface area contributed by atoms with Crippen LogP contribution in [0.4, 0.5) is 22.7 Å². The van der Waals surface area contributed by atoms with Crippen LogP contribution in [0.3, 0.4) is 0 Å². The van der Waals surface area contributed by atoms with E-state index in [1.54, 1.807) is 30.3 Å². The Hall–Kier alpha value is -3.96. The van der Waals surface area contributed by atoms with Gasteiger partial charge in [0.2, 0.25) is 5.75 Å². The second kappa shape index (κ2) is 7.29. The third-order valence-corrected chi connectivity index (χ3v) is 3.49. The molecule has 0 atom stereocenters. The molecule has 0 amide bonds. The summed E-state index contributed by atoms with van der Waals surface area (Å²) in [5, 5.41) is 55.8. The SMILES string of the molecule is O=[N+]([O-])c1c(O)c(O)c([N+](=O)[O-])c([N+](=O)[O-])c1CCNc1ccccc1. The standard InChI is InChI=1S/C14H12N4O8/c19-13-11(17(23)24)9(6-7-15-8-4-2-1-3-5-8)10(16(21)22)12(14(13)20)18(25)26/h1-5,15,19-20H,6-7H2. The van der Waals surface area contributed by atoms with Crippen molar-refractivity contribution in [2.24, 2.45) is 0 Å². The summed E-state index contributed by atoms with van der Waals surface area (Å²) in [6.45, 7) is -0.0485. The minimum atomic E-state index is -1.52. The van der Waals surface area contributed by atoms with E-state index in [9.17, 15) is 40.6 Å². The predicted octanol–water partition coefficient (Wildman–Crippen LogP) is 2.48. The van der Waals surface area contributed by atoms with Gasteiger partial charge >= 0.3 is 17.1 Å². The van der Waals surface area contributed by atoms with Gasteiger partial charge in [-0.3, -0.25) is 30.3 Å². The van der Waals surface area contributed by atoms with Crippen molar-refractivity contribution in [1.82, 2.24) is 0 Å². The number of hydrogen-bond donors (Lipinski definition) is 3. The first kappa shape index (κ1) is 18.4. The summed E-state index contributed by atoms with van der Waals surface area (Å²) in [4.78, 5) is 30.0. The van der Waals surface area contributed by atoms with E-state index in [0.717, 1.165) is 0 Å². The summed E-state index contributed by atoms with van der Waals surface area (Å²) < 4.78 is 0. The van der Waals surface area contributed by atoms with E-state index in [2.05, 4.69) is 5.32 Å². The van der Waals surface area contributed by atoms with Gasteiger partial charge in [0.05, 0.1) is 14.8 Å². The number of benzene rings is 2. The summed E-state index contributed by atoms with van der Waals surface area (Å²) in [7, 11) is 0. The van der Waals surface area contributed by atoms with Gasteiger partial charge in [0, 0.05) is 18.7 Å². The Kier molecular flexibility index (Phi) is 5.15. The second-order valence-electron chi connectivity index (χ2n) is 5.04. The van der Waals surface area contributed by atoms with Crippen LogP contribution >= 0.6 is 0 Å². The van der Waals surface area contributed by atoms with Gasteiger partial charge in [0.15, 0.2) is 0 Å². The van der Waals surface area contributed by atoms with E-state index in [-0.39, 0.29) is 13.0 Å². The summed E-state index contributed by atoms with van der Waals surface area (Å²) in [5.74, 6) is -2.91. The van der Waals surface area contributed by atoms with Gasteiger partial charge in [-0.05, 0) is 12.1 Å². The molecule has 26 heavy (non-hydrogen) atoms. The molecule has 3 N–H and O–H groups in total. The Labute approximate surface area is 144 Å². The number of hydrogen-bond acceptors (Lipinski definition) is 9. The van der Waals surface area contributed by atoms with Crippen molar-refractivity contribution in [2.75, 3.05) is 11.9 Å². The van der Waals surface area contributed by atoms with E-state index in [1.807, 2.05) is 0 Å². The lowest BCUT2D eigenvalue weighted by Gasteiger charge is -2.09. The highest BCUT2D eigenvalue weighted by Crippen LogP contribution is 2.51. The molecular weight excluding hydrogens is 352 g/mol. The number of rotatable bonds is 7. The Bertz CT molecular complexity index is 885. The van der Waals surface area contributed by atoms with Crippen LogP contribution in [0.25, 0.3) is 0 Å². The lowest BCUT2D eigenvalue weighted by atomic mass is 10.0. The Balaban J connectivity index is 2.55. The maximum atomic E-state index is 11.3. The molecule has 0 aliphatic carbocycles. The van der Waals surface area contributed by atoms with E-state index in [0.29, 0.717) is 5.69 Å². The molecule has 0 aromatic heterocycles. The average molecular weight is 364 g/mol. The van der Waals surface area contributed by atoms with Crippen molar-refractivity contribution in [3.8, 4) is 11.5 Å². The molecule has 0 spiro atoms. The smallest absolute Gasteiger partial charge is 0.391 e. The number of phenolic OH excluding ortho intramolecular Hbond substituents is 2. The molecule has 0 saturated heterocycles. The van der Waals surface area contributed by atoms with Crippen molar-refractivity contribution in [3.63, 3.8) is 0 Å². The molecule has 0 aliphatic heterocycles. The molecule has 0 aliphatic rings. The molecule has 0 heterocycles. The van der Waals surface area contributed by atoms with Crippen LogP contribution in [0.15, 0.2) is 30.3 Å². The number of nitrogens with zero attached hydrogens (tertiary/aromatic N) is 3. The van der Waals surface area contributed by atoms with Crippen molar-refractivity contribution >= 4 is 22.7 Å². The van der Waals surface area contributed by atoms with Gasteiger partial charge in [0.25, 0.3) is 5.75 Å². The molecule has 0 radical (unpaired) electrons. The molecular formula is C14H12N4O8. The number of nitro groups is 3. The zero-order valence-corrected chi connectivity index (χ0v) is 13.0. The number of anilines is 1. The molecule has 2 aromatic rings. The topological polar surface area (TPSA) is 182 Å². The number of aromatic hydroxyl groups is 2. The first-order valence-electron chi connectivity index (χ1n) is 7.08. The van der Waals surface area contributed by atoms with Gasteiger partial charge in [-0.15, -0.1) is 0 Å². The van der Waals surface area contributed by atoms with E-state index in [4.69, 9.17) is 0 Å². The molecule has 0 unspecified atom stereocenters. The monoisotopic (exact) mass is 364 g/mol. The maximum absolute atomic E-state index is 11.3. The predicted molar refractivity (Wildman–Crippen MR) is 88.4 cm³/mol. The zero-order valence-electron chi connectivity index (χ0n) is 13.0.